The summed E-state index contributed by atoms with van der Waals surface area (Å²) >= 11 is 0. The van der Waals surface area contributed by atoms with Gasteiger partial charge in [-0.05, 0) is 37.0 Å². The smallest absolute Gasteiger partial charge is 0.132 e. The van der Waals surface area contributed by atoms with E-state index in [1.54, 1.807) is 6.33 Å². The Morgan fingerprint density at radius 2 is 1.87 bits per heavy atom. The largest absolute Gasteiger partial charge is 0.389 e. The number of nitrogens with zero attached hydrogens (tertiary/aromatic N) is 4. The summed E-state index contributed by atoms with van der Waals surface area (Å²) in [5, 5.41) is 10.4. The number of rotatable bonds is 4. The average molecular weight is 316 g/mol. The highest BCUT2D eigenvalue weighted by Gasteiger charge is 2.44. The van der Waals surface area contributed by atoms with Gasteiger partial charge in [0.25, 0.3) is 0 Å². The molecule has 2 saturated heterocycles. The van der Waals surface area contributed by atoms with Gasteiger partial charge in [0.05, 0.1) is 5.60 Å². The van der Waals surface area contributed by atoms with Gasteiger partial charge in [-0.1, -0.05) is 13.8 Å². The van der Waals surface area contributed by atoms with Crippen molar-refractivity contribution in [3.63, 3.8) is 0 Å². The molecule has 1 aliphatic carbocycles. The van der Waals surface area contributed by atoms with Crippen LogP contribution in [0.15, 0.2) is 12.4 Å². The SMILES string of the molecule is CC(C)c1cc(N2CC3CN(CC4(O)CCC4)CC3C2)ncn1. The van der Waals surface area contributed by atoms with E-state index in [1.165, 1.54) is 6.42 Å². The van der Waals surface area contributed by atoms with Crippen molar-refractivity contribution < 1.29 is 5.11 Å². The maximum atomic E-state index is 10.4. The van der Waals surface area contributed by atoms with E-state index < -0.39 is 0 Å². The molecule has 3 fully saturated rings. The number of aliphatic hydroxyl groups is 1. The minimum atomic E-state index is -0.378. The molecule has 1 N–H and O–H groups in total. The highest BCUT2D eigenvalue weighted by molar-refractivity contribution is 5.41. The zero-order valence-electron chi connectivity index (χ0n) is 14.3. The minimum Gasteiger partial charge on any atom is -0.389 e. The van der Waals surface area contributed by atoms with Crippen LogP contribution in [-0.4, -0.2) is 58.3 Å². The van der Waals surface area contributed by atoms with Gasteiger partial charge >= 0.3 is 0 Å². The molecule has 126 valence electrons. The third kappa shape index (κ3) is 2.96. The Morgan fingerprint density at radius 1 is 1.17 bits per heavy atom. The first kappa shape index (κ1) is 15.3. The van der Waals surface area contributed by atoms with Gasteiger partial charge in [0, 0.05) is 44.5 Å². The maximum Gasteiger partial charge on any atom is 0.132 e. The maximum absolute atomic E-state index is 10.4. The van der Waals surface area contributed by atoms with Crippen molar-refractivity contribution in [2.75, 3.05) is 37.6 Å². The third-order valence-electron chi connectivity index (χ3n) is 5.95. The lowest BCUT2D eigenvalue weighted by molar-refractivity contribution is -0.0557. The zero-order chi connectivity index (χ0) is 16.0. The van der Waals surface area contributed by atoms with Crippen molar-refractivity contribution in [3.8, 4) is 0 Å². The van der Waals surface area contributed by atoms with Gasteiger partial charge in [-0.25, -0.2) is 9.97 Å². The van der Waals surface area contributed by atoms with Crippen LogP contribution in [0.1, 0.15) is 44.7 Å². The molecule has 2 aliphatic heterocycles. The topological polar surface area (TPSA) is 52.5 Å². The van der Waals surface area contributed by atoms with Crippen LogP contribution in [0.25, 0.3) is 0 Å². The predicted octanol–water partition coefficient (Wildman–Crippen LogP) is 1.88. The number of likely N-dealkylation sites (tertiary alicyclic amines) is 1. The monoisotopic (exact) mass is 316 g/mol. The number of anilines is 1. The Hall–Kier alpha value is -1.20. The summed E-state index contributed by atoms with van der Waals surface area (Å²) in [5.74, 6) is 2.96. The number of hydrogen-bond donors (Lipinski definition) is 1. The average Bonchev–Trinajstić information content (AvgIpc) is 3.04. The lowest BCUT2D eigenvalue weighted by Crippen LogP contribution is -2.48. The molecule has 0 amide bonds. The summed E-state index contributed by atoms with van der Waals surface area (Å²) in [6.45, 7) is 9.67. The van der Waals surface area contributed by atoms with E-state index in [2.05, 4.69) is 39.7 Å². The first-order valence-electron chi connectivity index (χ1n) is 9.04. The van der Waals surface area contributed by atoms with Gasteiger partial charge in [-0.2, -0.15) is 0 Å². The van der Waals surface area contributed by atoms with Crippen molar-refractivity contribution in [2.24, 2.45) is 11.8 Å². The van der Waals surface area contributed by atoms with Gasteiger partial charge < -0.3 is 10.0 Å². The van der Waals surface area contributed by atoms with Crippen LogP contribution in [0.4, 0.5) is 5.82 Å². The molecule has 2 unspecified atom stereocenters. The van der Waals surface area contributed by atoms with E-state index in [-0.39, 0.29) is 5.60 Å². The van der Waals surface area contributed by atoms with Gasteiger partial charge in [0.15, 0.2) is 0 Å². The summed E-state index contributed by atoms with van der Waals surface area (Å²) in [6.07, 6.45) is 4.88. The molecule has 0 spiro atoms. The number of hydrogen-bond acceptors (Lipinski definition) is 5. The van der Waals surface area contributed by atoms with E-state index >= 15 is 0 Å². The summed E-state index contributed by atoms with van der Waals surface area (Å²) < 4.78 is 0. The van der Waals surface area contributed by atoms with Crippen molar-refractivity contribution in [3.05, 3.63) is 18.1 Å². The lowest BCUT2D eigenvalue weighted by Gasteiger charge is -2.40. The van der Waals surface area contributed by atoms with Crippen molar-refractivity contribution in [2.45, 2.75) is 44.6 Å². The van der Waals surface area contributed by atoms with Crippen LogP contribution in [0.5, 0.6) is 0 Å². The standard InChI is InChI=1S/C18H28N4O/c1-13(2)16-6-17(20-12-19-16)22-9-14-7-21(8-15(14)10-22)11-18(23)4-3-5-18/h6,12-15,23H,3-5,7-11H2,1-2H3. The van der Waals surface area contributed by atoms with Crippen LogP contribution in [0.3, 0.4) is 0 Å². The molecule has 5 heteroatoms. The predicted molar refractivity (Wildman–Crippen MR) is 90.6 cm³/mol. The zero-order valence-corrected chi connectivity index (χ0v) is 14.3. The van der Waals surface area contributed by atoms with Crippen LogP contribution >= 0.6 is 0 Å². The number of aromatic nitrogens is 2. The molecular weight excluding hydrogens is 288 g/mol. The number of β-amino-alcohol motifs (C(OH)–C–C–N with tert-alkyl or cyclic N) is 1. The van der Waals surface area contributed by atoms with E-state index in [0.717, 1.165) is 68.9 Å². The molecule has 0 aromatic carbocycles. The quantitative estimate of drug-likeness (QED) is 0.919. The Kier molecular flexibility index (Phi) is 3.81. The molecule has 4 rings (SSSR count). The van der Waals surface area contributed by atoms with E-state index in [9.17, 15) is 5.11 Å². The second-order valence-corrected chi connectivity index (χ2v) is 8.15. The second-order valence-electron chi connectivity index (χ2n) is 8.15. The molecule has 3 heterocycles. The second kappa shape index (κ2) is 5.71. The van der Waals surface area contributed by atoms with Crippen molar-refractivity contribution >= 4 is 5.82 Å². The van der Waals surface area contributed by atoms with Gasteiger partial charge in [0.1, 0.15) is 12.1 Å². The first-order chi connectivity index (χ1) is 11.0. The van der Waals surface area contributed by atoms with E-state index in [1.807, 2.05) is 0 Å². The molecule has 1 saturated carbocycles. The van der Waals surface area contributed by atoms with Gasteiger partial charge in [0.2, 0.25) is 0 Å². The summed E-state index contributed by atoms with van der Waals surface area (Å²) in [5.41, 5.74) is 0.748. The van der Waals surface area contributed by atoms with Crippen molar-refractivity contribution in [1.82, 2.24) is 14.9 Å². The molecule has 0 bridgehead atoms. The lowest BCUT2D eigenvalue weighted by atomic mass is 9.80. The highest BCUT2D eigenvalue weighted by Crippen LogP contribution is 2.37. The summed E-state index contributed by atoms with van der Waals surface area (Å²) in [7, 11) is 0. The molecule has 2 atom stereocenters. The molecule has 1 aromatic heterocycles. The van der Waals surface area contributed by atoms with Crippen LogP contribution in [0, 0.1) is 11.8 Å². The summed E-state index contributed by atoms with van der Waals surface area (Å²) in [4.78, 5) is 13.8. The van der Waals surface area contributed by atoms with Gasteiger partial charge in [-0.15, -0.1) is 0 Å². The Balaban J connectivity index is 1.37. The fraction of sp³-hybridized carbons (Fsp3) is 0.778. The summed E-state index contributed by atoms with van der Waals surface area (Å²) in [6, 6.07) is 2.15. The van der Waals surface area contributed by atoms with Crippen LogP contribution in [-0.2, 0) is 0 Å². The fourth-order valence-electron chi connectivity index (χ4n) is 4.42. The number of fused-ring (bicyclic) bond motifs is 1. The molecular formula is C18H28N4O. The molecule has 1 aromatic rings. The molecule has 0 radical (unpaired) electrons. The van der Waals surface area contributed by atoms with E-state index in [4.69, 9.17) is 0 Å². The third-order valence-corrected chi connectivity index (χ3v) is 5.95. The highest BCUT2D eigenvalue weighted by atomic mass is 16.3. The Morgan fingerprint density at radius 3 is 2.43 bits per heavy atom. The normalized spacial score (nSPS) is 29.8. The van der Waals surface area contributed by atoms with Gasteiger partial charge in [-0.3, -0.25) is 4.90 Å². The minimum absolute atomic E-state index is 0.378. The van der Waals surface area contributed by atoms with Crippen LogP contribution in [0.2, 0.25) is 0 Å². The Labute approximate surface area is 138 Å². The fourth-order valence-corrected chi connectivity index (χ4v) is 4.42. The molecule has 23 heavy (non-hydrogen) atoms. The molecule has 5 nitrogen and oxygen atoms in total. The molecule has 3 aliphatic rings. The Bertz CT molecular complexity index is 558. The first-order valence-corrected chi connectivity index (χ1v) is 9.04. The van der Waals surface area contributed by atoms with Crippen molar-refractivity contribution in [1.29, 1.82) is 0 Å². The van der Waals surface area contributed by atoms with Crippen LogP contribution < -0.4 is 4.90 Å². The van der Waals surface area contributed by atoms with E-state index in [0.29, 0.717) is 5.92 Å².